The number of nitrogens with zero attached hydrogens (tertiary/aromatic N) is 1. The van der Waals surface area contributed by atoms with Gasteiger partial charge in [0.25, 0.3) is 0 Å². The summed E-state index contributed by atoms with van der Waals surface area (Å²) in [5, 5.41) is 7.63. The Balaban J connectivity index is 1.91. The third kappa shape index (κ3) is 3.45. The number of rotatable bonds is 6. The Hall–Kier alpha value is -1.81. The van der Waals surface area contributed by atoms with Gasteiger partial charge in [-0.3, -0.25) is 4.79 Å². The highest BCUT2D eigenvalue weighted by molar-refractivity contribution is 5.85. The van der Waals surface area contributed by atoms with Crippen LogP contribution >= 0.6 is 0 Å². The normalized spacial score (nSPS) is 11.3. The lowest BCUT2D eigenvalue weighted by Gasteiger charge is -2.10. The number of aryl methyl sites for hydroxylation is 2. The van der Waals surface area contributed by atoms with E-state index in [0.29, 0.717) is 6.54 Å². The first kappa shape index (κ1) is 15.6. The van der Waals surface area contributed by atoms with Crippen molar-refractivity contribution in [2.24, 2.45) is 13.0 Å². The number of fused-ring (bicyclic) bond motifs is 1. The second-order valence-electron chi connectivity index (χ2n) is 5.77. The van der Waals surface area contributed by atoms with Gasteiger partial charge in [0.2, 0.25) is 5.91 Å². The molecular formula is C17H25N3O. The molecule has 0 fully saturated rings. The largest absolute Gasteiger partial charge is 0.355 e. The molecule has 1 aromatic carbocycles. The van der Waals surface area contributed by atoms with Crippen molar-refractivity contribution in [1.29, 1.82) is 0 Å². The van der Waals surface area contributed by atoms with E-state index in [1.54, 1.807) is 0 Å². The first-order valence-electron chi connectivity index (χ1n) is 7.53. The van der Waals surface area contributed by atoms with E-state index in [2.05, 4.69) is 53.4 Å². The molecule has 114 valence electrons. The highest BCUT2D eigenvalue weighted by atomic mass is 16.1. The summed E-state index contributed by atoms with van der Waals surface area (Å²) >= 11 is 0. The molecule has 1 amide bonds. The molecule has 0 aliphatic carbocycles. The first-order valence-corrected chi connectivity index (χ1v) is 7.53. The average molecular weight is 287 g/mol. The monoisotopic (exact) mass is 287 g/mol. The predicted molar refractivity (Wildman–Crippen MR) is 87.2 cm³/mol. The third-order valence-corrected chi connectivity index (χ3v) is 3.92. The topological polar surface area (TPSA) is 46.1 Å². The van der Waals surface area contributed by atoms with E-state index in [1.165, 1.54) is 22.2 Å². The van der Waals surface area contributed by atoms with E-state index in [0.717, 1.165) is 13.1 Å². The van der Waals surface area contributed by atoms with Crippen LogP contribution in [0.5, 0.6) is 0 Å². The molecule has 0 aliphatic rings. The SMILES string of the molecule is Cc1c(CNCCNC(=O)C(C)C)n(C)c2ccccc12. The lowest BCUT2D eigenvalue weighted by molar-refractivity contribution is -0.123. The van der Waals surface area contributed by atoms with E-state index < -0.39 is 0 Å². The van der Waals surface area contributed by atoms with Crippen LogP contribution in [0, 0.1) is 12.8 Å². The van der Waals surface area contributed by atoms with Gasteiger partial charge in [-0.05, 0) is 18.6 Å². The fraction of sp³-hybridized carbons (Fsp3) is 0.471. The van der Waals surface area contributed by atoms with Crippen molar-refractivity contribution in [3.05, 3.63) is 35.5 Å². The van der Waals surface area contributed by atoms with Crippen molar-refractivity contribution in [3.63, 3.8) is 0 Å². The lowest BCUT2D eigenvalue weighted by atomic mass is 10.1. The van der Waals surface area contributed by atoms with Crippen LogP contribution in [0.15, 0.2) is 24.3 Å². The van der Waals surface area contributed by atoms with E-state index in [-0.39, 0.29) is 11.8 Å². The van der Waals surface area contributed by atoms with Crippen molar-refractivity contribution in [2.75, 3.05) is 13.1 Å². The van der Waals surface area contributed by atoms with Crippen LogP contribution in [0.25, 0.3) is 10.9 Å². The molecule has 2 rings (SSSR count). The van der Waals surface area contributed by atoms with Crippen LogP contribution < -0.4 is 10.6 Å². The summed E-state index contributed by atoms with van der Waals surface area (Å²) in [5.41, 5.74) is 3.89. The van der Waals surface area contributed by atoms with Crippen molar-refractivity contribution >= 4 is 16.8 Å². The van der Waals surface area contributed by atoms with E-state index >= 15 is 0 Å². The first-order chi connectivity index (χ1) is 10.0. The standard InChI is InChI=1S/C17H25N3O/c1-12(2)17(21)19-10-9-18-11-16-13(3)14-7-5-6-8-15(14)20(16)4/h5-8,12,18H,9-11H2,1-4H3,(H,19,21). The zero-order valence-corrected chi connectivity index (χ0v) is 13.4. The summed E-state index contributed by atoms with van der Waals surface area (Å²) in [6, 6.07) is 8.46. The van der Waals surface area contributed by atoms with E-state index in [9.17, 15) is 4.79 Å². The van der Waals surface area contributed by atoms with Gasteiger partial charge in [0.05, 0.1) is 0 Å². The molecule has 0 aliphatic heterocycles. The lowest BCUT2D eigenvalue weighted by Crippen LogP contribution is -2.34. The molecule has 1 aromatic heterocycles. The molecule has 4 heteroatoms. The van der Waals surface area contributed by atoms with Gasteiger partial charge in [0.1, 0.15) is 0 Å². The summed E-state index contributed by atoms with van der Waals surface area (Å²) in [7, 11) is 2.10. The molecule has 0 spiro atoms. The van der Waals surface area contributed by atoms with Gasteiger partial charge in [-0.1, -0.05) is 32.0 Å². The highest BCUT2D eigenvalue weighted by Gasteiger charge is 2.10. The minimum absolute atomic E-state index is 0.0467. The molecule has 2 N–H and O–H groups in total. The van der Waals surface area contributed by atoms with Crippen molar-refractivity contribution in [2.45, 2.75) is 27.3 Å². The van der Waals surface area contributed by atoms with Crippen LogP contribution in [-0.2, 0) is 18.4 Å². The maximum atomic E-state index is 11.5. The number of benzene rings is 1. The van der Waals surface area contributed by atoms with Crippen LogP contribution in [0.1, 0.15) is 25.1 Å². The highest BCUT2D eigenvalue weighted by Crippen LogP contribution is 2.23. The number of amides is 1. The minimum Gasteiger partial charge on any atom is -0.355 e. The number of nitrogens with one attached hydrogen (secondary N) is 2. The van der Waals surface area contributed by atoms with Gasteiger partial charge < -0.3 is 15.2 Å². The molecule has 21 heavy (non-hydrogen) atoms. The Morgan fingerprint density at radius 2 is 1.95 bits per heavy atom. The Labute approximate surface area is 126 Å². The Morgan fingerprint density at radius 3 is 2.62 bits per heavy atom. The number of para-hydroxylation sites is 1. The second-order valence-corrected chi connectivity index (χ2v) is 5.77. The van der Waals surface area contributed by atoms with Gasteiger partial charge in [0, 0.05) is 49.2 Å². The van der Waals surface area contributed by atoms with Crippen LogP contribution in [0.3, 0.4) is 0 Å². The number of hydrogen-bond acceptors (Lipinski definition) is 2. The van der Waals surface area contributed by atoms with Gasteiger partial charge in [-0.15, -0.1) is 0 Å². The quantitative estimate of drug-likeness (QED) is 0.801. The third-order valence-electron chi connectivity index (χ3n) is 3.92. The van der Waals surface area contributed by atoms with Crippen LogP contribution in [-0.4, -0.2) is 23.6 Å². The maximum absolute atomic E-state index is 11.5. The summed E-state index contributed by atoms with van der Waals surface area (Å²) in [6.45, 7) is 8.23. The van der Waals surface area contributed by atoms with Gasteiger partial charge in [-0.2, -0.15) is 0 Å². The zero-order valence-electron chi connectivity index (χ0n) is 13.4. The molecule has 0 bridgehead atoms. The summed E-state index contributed by atoms with van der Waals surface area (Å²) in [5.74, 6) is 0.156. The molecular weight excluding hydrogens is 262 g/mol. The van der Waals surface area contributed by atoms with Crippen LogP contribution in [0.2, 0.25) is 0 Å². The van der Waals surface area contributed by atoms with Crippen LogP contribution in [0.4, 0.5) is 0 Å². The predicted octanol–water partition coefficient (Wildman–Crippen LogP) is 2.35. The molecule has 0 radical (unpaired) electrons. The Morgan fingerprint density at radius 1 is 1.24 bits per heavy atom. The number of carbonyl (C=O) groups excluding carboxylic acids is 1. The van der Waals surface area contributed by atoms with E-state index in [4.69, 9.17) is 0 Å². The van der Waals surface area contributed by atoms with Gasteiger partial charge in [0.15, 0.2) is 0 Å². The van der Waals surface area contributed by atoms with Crippen molar-refractivity contribution in [1.82, 2.24) is 15.2 Å². The number of carbonyl (C=O) groups is 1. The number of aromatic nitrogens is 1. The Kier molecular flexibility index (Phi) is 5.02. The minimum atomic E-state index is 0.0467. The zero-order chi connectivity index (χ0) is 15.4. The molecule has 0 atom stereocenters. The fourth-order valence-corrected chi connectivity index (χ4v) is 2.57. The maximum Gasteiger partial charge on any atom is 0.222 e. The second kappa shape index (κ2) is 6.76. The van der Waals surface area contributed by atoms with Gasteiger partial charge >= 0.3 is 0 Å². The van der Waals surface area contributed by atoms with E-state index in [1.807, 2.05) is 13.8 Å². The molecule has 0 saturated carbocycles. The average Bonchev–Trinajstić information content (AvgIpc) is 2.71. The summed E-state index contributed by atoms with van der Waals surface area (Å²) in [4.78, 5) is 11.5. The molecule has 4 nitrogen and oxygen atoms in total. The Bertz CT molecular complexity index is 589. The molecule has 2 aromatic rings. The fourth-order valence-electron chi connectivity index (χ4n) is 2.57. The molecule has 1 heterocycles. The van der Waals surface area contributed by atoms with Gasteiger partial charge in [-0.25, -0.2) is 0 Å². The van der Waals surface area contributed by atoms with Crippen molar-refractivity contribution in [3.8, 4) is 0 Å². The smallest absolute Gasteiger partial charge is 0.222 e. The molecule has 0 unspecified atom stereocenters. The molecule has 0 saturated heterocycles. The number of hydrogen-bond donors (Lipinski definition) is 2. The summed E-state index contributed by atoms with van der Waals surface area (Å²) in [6.07, 6.45) is 0. The summed E-state index contributed by atoms with van der Waals surface area (Å²) < 4.78 is 2.24. The van der Waals surface area contributed by atoms with Crippen molar-refractivity contribution < 1.29 is 4.79 Å².